The lowest BCUT2D eigenvalue weighted by Gasteiger charge is -2.30. The fraction of sp³-hybridized carbons (Fsp3) is 0.417. The van der Waals surface area contributed by atoms with Crippen molar-refractivity contribution in [1.29, 1.82) is 0 Å². The van der Waals surface area contributed by atoms with Crippen LogP contribution in [0.2, 0.25) is 10.0 Å². The Morgan fingerprint density at radius 2 is 1.85 bits per heavy atom. The molecular formula is C24H24Cl2F3N3O. The lowest BCUT2D eigenvalue weighted by atomic mass is 9.98. The second-order valence-corrected chi connectivity index (χ2v) is 9.57. The molecule has 33 heavy (non-hydrogen) atoms. The predicted octanol–water partition coefficient (Wildman–Crippen LogP) is 6.74. The molecule has 4 rings (SSSR count). The number of imidazole rings is 1. The van der Waals surface area contributed by atoms with Gasteiger partial charge in [-0.2, -0.15) is 13.2 Å². The predicted molar refractivity (Wildman–Crippen MR) is 123 cm³/mol. The van der Waals surface area contributed by atoms with Crippen molar-refractivity contribution >= 4 is 34.8 Å². The van der Waals surface area contributed by atoms with E-state index in [9.17, 15) is 18.0 Å². The van der Waals surface area contributed by atoms with E-state index in [1.54, 1.807) is 30.9 Å². The molecule has 1 fully saturated rings. The lowest BCUT2D eigenvalue weighted by Crippen LogP contribution is -2.38. The minimum absolute atomic E-state index is 0.137. The van der Waals surface area contributed by atoms with Crippen molar-refractivity contribution < 1.29 is 18.0 Å². The van der Waals surface area contributed by atoms with Gasteiger partial charge in [-0.05, 0) is 61.9 Å². The third-order valence-electron chi connectivity index (χ3n) is 6.40. The molecule has 0 spiro atoms. The van der Waals surface area contributed by atoms with Gasteiger partial charge in [-0.25, -0.2) is 4.98 Å². The Hall–Kier alpha value is -2.25. The van der Waals surface area contributed by atoms with Gasteiger partial charge in [0.1, 0.15) is 5.65 Å². The number of halogens is 5. The lowest BCUT2D eigenvalue weighted by molar-refractivity contribution is -0.137. The summed E-state index contributed by atoms with van der Waals surface area (Å²) in [6.45, 7) is 6.84. The van der Waals surface area contributed by atoms with Gasteiger partial charge in [-0.1, -0.05) is 30.1 Å². The van der Waals surface area contributed by atoms with Gasteiger partial charge in [-0.15, -0.1) is 0 Å². The first-order valence-corrected chi connectivity index (χ1v) is 11.5. The van der Waals surface area contributed by atoms with Crippen LogP contribution in [0.25, 0.3) is 5.65 Å². The fourth-order valence-electron chi connectivity index (χ4n) is 4.27. The zero-order valence-corrected chi connectivity index (χ0v) is 20.1. The van der Waals surface area contributed by atoms with Gasteiger partial charge in [0.25, 0.3) is 5.91 Å². The van der Waals surface area contributed by atoms with Gasteiger partial charge in [0.05, 0.1) is 21.8 Å². The van der Waals surface area contributed by atoms with E-state index in [1.807, 2.05) is 0 Å². The molecule has 0 N–H and O–H groups in total. The molecule has 3 aromatic rings. The largest absolute Gasteiger partial charge is 0.417 e. The van der Waals surface area contributed by atoms with Gasteiger partial charge in [0.2, 0.25) is 0 Å². The molecule has 1 aliphatic rings. The number of carbonyl (C=O) groups excluding carboxylic acids is 1. The molecule has 9 heteroatoms. The highest BCUT2D eigenvalue weighted by molar-refractivity contribution is 6.38. The van der Waals surface area contributed by atoms with E-state index in [0.717, 1.165) is 25.1 Å². The number of hydrogen-bond donors (Lipinski definition) is 0. The van der Waals surface area contributed by atoms with Crippen LogP contribution in [0.15, 0.2) is 24.4 Å². The number of aromatic nitrogens is 2. The Morgan fingerprint density at radius 3 is 2.48 bits per heavy atom. The Balaban J connectivity index is 1.71. The average Bonchev–Trinajstić information content (AvgIpc) is 3.07. The maximum atomic E-state index is 13.3. The summed E-state index contributed by atoms with van der Waals surface area (Å²) in [5, 5.41) is 0.642. The molecule has 0 bridgehead atoms. The first-order chi connectivity index (χ1) is 15.5. The maximum absolute atomic E-state index is 13.3. The first-order valence-electron chi connectivity index (χ1n) is 10.8. The van der Waals surface area contributed by atoms with E-state index in [0.29, 0.717) is 57.8 Å². The second-order valence-electron chi connectivity index (χ2n) is 8.79. The van der Waals surface area contributed by atoms with E-state index in [-0.39, 0.29) is 17.4 Å². The van der Waals surface area contributed by atoms with Gasteiger partial charge < -0.3 is 9.30 Å². The monoisotopic (exact) mass is 497 g/mol. The van der Waals surface area contributed by atoms with Gasteiger partial charge >= 0.3 is 6.18 Å². The molecule has 1 aromatic carbocycles. The van der Waals surface area contributed by atoms with Crippen molar-refractivity contribution in [3.63, 3.8) is 0 Å². The summed E-state index contributed by atoms with van der Waals surface area (Å²) in [4.78, 5) is 19.5. The van der Waals surface area contributed by atoms with Crippen molar-refractivity contribution in [2.45, 2.75) is 46.2 Å². The molecule has 2 aromatic heterocycles. The van der Waals surface area contributed by atoms with E-state index < -0.39 is 11.7 Å². The maximum Gasteiger partial charge on any atom is 0.417 e. The van der Waals surface area contributed by atoms with Crippen LogP contribution in [0.1, 0.15) is 58.2 Å². The van der Waals surface area contributed by atoms with Crippen molar-refractivity contribution in [2.24, 2.45) is 5.92 Å². The van der Waals surface area contributed by atoms with Crippen LogP contribution >= 0.6 is 23.2 Å². The average molecular weight is 498 g/mol. The number of fused-ring (bicyclic) bond motifs is 1. The molecule has 0 saturated carbocycles. The van der Waals surface area contributed by atoms with Crippen LogP contribution in [-0.2, 0) is 12.6 Å². The Bertz CT molecular complexity index is 1230. The number of benzene rings is 1. The molecule has 0 unspecified atom stereocenters. The number of rotatable bonds is 3. The number of aryl methyl sites for hydroxylation is 2. The number of carbonyl (C=O) groups is 1. The molecule has 1 saturated heterocycles. The number of alkyl halides is 3. The smallest absolute Gasteiger partial charge is 0.339 e. The molecule has 0 atom stereocenters. The summed E-state index contributed by atoms with van der Waals surface area (Å²) in [6, 6.07) is 4.36. The van der Waals surface area contributed by atoms with Crippen LogP contribution < -0.4 is 0 Å². The first kappa shape index (κ1) is 23.9. The zero-order valence-electron chi connectivity index (χ0n) is 18.6. The minimum Gasteiger partial charge on any atom is -0.339 e. The standard InChI is InChI=1S/C24H24Cl2F3N3O/c1-13-6-8-31(9-7-13)23(33)17-4-5-19(25)18(21(17)26)11-20-15(3)32-12-16(24(27,28)29)10-14(2)22(32)30-20/h4-5,10,12-13H,6-9,11H2,1-3H3. The van der Waals surface area contributed by atoms with Crippen LogP contribution in [0.5, 0.6) is 0 Å². The Kier molecular flexibility index (Phi) is 6.40. The number of amides is 1. The Labute approximate surface area is 200 Å². The van der Waals surface area contributed by atoms with Crippen LogP contribution in [0.4, 0.5) is 13.2 Å². The number of piperidine rings is 1. The SMILES string of the molecule is Cc1cc(C(F)(F)F)cn2c(C)c(Cc3c(Cl)ccc(C(=O)N4CCC(C)CC4)c3Cl)nc12. The topological polar surface area (TPSA) is 37.6 Å². The number of hydrogen-bond acceptors (Lipinski definition) is 2. The molecule has 3 heterocycles. The number of nitrogens with zero attached hydrogens (tertiary/aromatic N) is 3. The fourth-order valence-corrected chi connectivity index (χ4v) is 4.85. The molecule has 0 aliphatic carbocycles. The highest BCUT2D eigenvalue weighted by Gasteiger charge is 2.32. The van der Waals surface area contributed by atoms with Crippen LogP contribution in [-0.4, -0.2) is 33.3 Å². The second kappa shape index (κ2) is 8.84. The highest BCUT2D eigenvalue weighted by Crippen LogP contribution is 2.34. The van der Waals surface area contributed by atoms with Crippen molar-refractivity contribution in [2.75, 3.05) is 13.1 Å². The van der Waals surface area contributed by atoms with Gasteiger partial charge in [0.15, 0.2) is 0 Å². The van der Waals surface area contributed by atoms with Gasteiger partial charge in [-0.3, -0.25) is 4.79 Å². The van der Waals surface area contributed by atoms with E-state index >= 15 is 0 Å². The molecule has 176 valence electrons. The molecule has 1 aliphatic heterocycles. The summed E-state index contributed by atoms with van der Waals surface area (Å²) in [7, 11) is 0. The van der Waals surface area contributed by atoms with Crippen LogP contribution in [0.3, 0.4) is 0 Å². The zero-order chi connectivity index (χ0) is 24.1. The van der Waals surface area contributed by atoms with Gasteiger partial charge in [0, 0.05) is 36.4 Å². The quantitative estimate of drug-likeness (QED) is 0.401. The molecule has 1 amide bonds. The third-order valence-corrected chi connectivity index (χ3v) is 7.19. The minimum atomic E-state index is -4.45. The third kappa shape index (κ3) is 4.58. The van der Waals surface area contributed by atoms with E-state index in [2.05, 4.69) is 11.9 Å². The summed E-state index contributed by atoms with van der Waals surface area (Å²) >= 11 is 13.1. The van der Waals surface area contributed by atoms with Crippen molar-refractivity contribution in [3.8, 4) is 0 Å². The summed E-state index contributed by atoms with van der Waals surface area (Å²) in [6.07, 6.45) is -1.31. The summed E-state index contributed by atoms with van der Waals surface area (Å²) in [5.41, 5.74) is 2.15. The van der Waals surface area contributed by atoms with Crippen molar-refractivity contribution in [1.82, 2.24) is 14.3 Å². The van der Waals surface area contributed by atoms with E-state index in [1.165, 1.54) is 4.40 Å². The van der Waals surface area contributed by atoms with Crippen LogP contribution in [0, 0.1) is 19.8 Å². The molecule has 0 radical (unpaired) electrons. The number of likely N-dealkylation sites (tertiary alicyclic amines) is 1. The molecular weight excluding hydrogens is 474 g/mol. The summed E-state index contributed by atoms with van der Waals surface area (Å²) in [5.74, 6) is 0.451. The molecule has 4 nitrogen and oxygen atoms in total. The van der Waals surface area contributed by atoms with E-state index in [4.69, 9.17) is 23.2 Å². The van der Waals surface area contributed by atoms with Crippen molar-refractivity contribution in [3.05, 3.63) is 68.1 Å². The Morgan fingerprint density at radius 1 is 1.18 bits per heavy atom. The highest BCUT2D eigenvalue weighted by atomic mass is 35.5. The number of pyridine rings is 1. The normalized spacial score (nSPS) is 15.5. The summed E-state index contributed by atoms with van der Waals surface area (Å²) < 4.78 is 41.3.